The molecule has 19 heteroatoms. The van der Waals surface area contributed by atoms with Gasteiger partial charge in [-0.2, -0.15) is 0 Å². The highest BCUT2D eigenvalue weighted by atomic mass is 16.7. The molecule has 0 unspecified atom stereocenters. The molecule has 2 amide bonds. The molecule has 19 nitrogen and oxygen atoms in total. The van der Waals surface area contributed by atoms with E-state index in [2.05, 4.69) is 12.2 Å². The Bertz CT molecular complexity index is 2060. The zero-order valence-corrected chi connectivity index (χ0v) is 44.7. The van der Waals surface area contributed by atoms with E-state index in [9.17, 15) is 44.1 Å². The highest BCUT2D eigenvalue weighted by Gasteiger charge is 2.57. The van der Waals surface area contributed by atoms with Gasteiger partial charge >= 0.3 is 23.9 Å². The number of hydrogen-bond acceptors (Lipinski definition) is 17. The highest BCUT2D eigenvalue weighted by Crippen LogP contribution is 2.47. The van der Waals surface area contributed by atoms with Gasteiger partial charge in [0.1, 0.15) is 6.10 Å². The number of aliphatic hydroxyl groups is 3. The quantitative estimate of drug-likeness (QED) is 0.0160. The smallest absolute Gasteiger partial charge is 0.330 e. The number of anilines is 1. The largest absolute Gasteiger partial charge is 0.466 e. The number of amides is 2. The minimum Gasteiger partial charge on any atom is -0.466 e. The van der Waals surface area contributed by atoms with Crippen LogP contribution >= 0.6 is 0 Å². The lowest BCUT2D eigenvalue weighted by Gasteiger charge is -2.51. The van der Waals surface area contributed by atoms with Crippen molar-refractivity contribution < 1.29 is 82.5 Å². The monoisotopic (exact) mass is 1060 g/mol. The number of carbonyl (C=O) groups excluding carboxylic acids is 6. The zero-order chi connectivity index (χ0) is 54.8. The molecule has 6 bridgehead atoms. The summed E-state index contributed by atoms with van der Waals surface area (Å²) in [6.07, 6.45) is 12.5. The molecule has 0 aromatic heterocycles. The van der Waals surface area contributed by atoms with E-state index in [4.69, 9.17) is 38.4 Å². The predicted molar refractivity (Wildman–Crippen MR) is 275 cm³/mol. The van der Waals surface area contributed by atoms with E-state index >= 15 is 0 Å². The molecule has 6 N–H and O–H groups in total. The molecular weight excluding hydrogens is 973 g/mol. The SMILES string of the molecule is CCCCCCCC(=O)O[C@H]1/C(=C/C(=O)OC)C[C@H]2C[C@H](CO)OC(=O)C[C@H](O)C[C@@H]3CCC[C@H](C[C@@H]4C/C(=C/C(=O)OC)C[C@H](/C=C/C(C)(C)[C@]1(O)O2)O4)O3.O=C(CCCCCCC(=O)Nc1ccccc1)NO. The van der Waals surface area contributed by atoms with Gasteiger partial charge in [0.15, 0.2) is 6.10 Å². The number of ether oxygens (including phenoxy) is 7. The van der Waals surface area contributed by atoms with Gasteiger partial charge in [-0.15, -0.1) is 0 Å². The molecule has 4 aliphatic rings. The lowest BCUT2D eigenvalue weighted by Crippen LogP contribution is -2.62. The molecule has 75 heavy (non-hydrogen) atoms. The number of rotatable bonds is 18. The predicted octanol–water partition coefficient (Wildman–Crippen LogP) is 7.31. The van der Waals surface area contributed by atoms with Crippen molar-refractivity contribution >= 4 is 41.4 Å². The molecule has 4 aliphatic heterocycles. The first kappa shape index (κ1) is 62.5. The van der Waals surface area contributed by atoms with E-state index in [0.717, 1.165) is 81.9 Å². The van der Waals surface area contributed by atoms with E-state index < -0.39 is 72.2 Å². The summed E-state index contributed by atoms with van der Waals surface area (Å²) in [5.41, 5.74) is 2.11. The van der Waals surface area contributed by atoms with Gasteiger partial charge in [-0.05, 0) is 75.5 Å². The first-order valence-electron chi connectivity index (χ1n) is 26.8. The van der Waals surface area contributed by atoms with Gasteiger partial charge in [0.2, 0.25) is 17.6 Å². The summed E-state index contributed by atoms with van der Waals surface area (Å²) in [5, 5.41) is 45.1. The Balaban J connectivity index is 0.000000537. The summed E-state index contributed by atoms with van der Waals surface area (Å²) >= 11 is 0. The minimum atomic E-state index is -2.30. The number of nitrogens with one attached hydrogen (secondary N) is 2. The first-order chi connectivity index (χ1) is 35.9. The van der Waals surface area contributed by atoms with Gasteiger partial charge in [0, 0.05) is 61.8 Å². The molecule has 1 aromatic rings. The fourth-order valence-corrected chi connectivity index (χ4v) is 9.82. The van der Waals surface area contributed by atoms with Crippen LogP contribution in [0.15, 0.2) is 65.8 Å². The van der Waals surface area contributed by atoms with E-state index in [1.807, 2.05) is 30.3 Å². The number of aliphatic hydroxyl groups excluding tert-OH is 2. The van der Waals surface area contributed by atoms with Gasteiger partial charge in [-0.25, -0.2) is 15.1 Å². The maximum absolute atomic E-state index is 13.4. The Morgan fingerprint density at radius 3 is 2.05 bits per heavy atom. The van der Waals surface area contributed by atoms with E-state index in [1.54, 1.807) is 31.5 Å². The number of fused-ring (bicyclic) bond motifs is 6. The van der Waals surface area contributed by atoms with Crippen molar-refractivity contribution in [2.24, 2.45) is 5.41 Å². The van der Waals surface area contributed by atoms with Crippen molar-refractivity contribution in [2.45, 2.75) is 217 Å². The van der Waals surface area contributed by atoms with Crippen molar-refractivity contribution in [3.05, 3.63) is 65.8 Å². The van der Waals surface area contributed by atoms with E-state index in [-0.39, 0.29) is 67.8 Å². The third-order valence-electron chi connectivity index (χ3n) is 13.9. The third-order valence-corrected chi connectivity index (χ3v) is 13.9. The maximum Gasteiger partial charge on any atom is 0.330 e. The number of carbonyl (C=O) groups is 6. The second-order valence-electron chi connectivity index (χ2n) is 20.6. The Morgan fingerprint density at radius 1 is 0.760 bits per heavy atom. The normalized spacial score (nSPS) is 28.5. The lowest BCUT2D eigenvalue weighted by atomic mass is 9.74. The first-order valence-corrected chi connectivity index (χ1v) is 26.8. The molecule has 420 valence electrons. The van der Waals surface area contributed by atoms with Crippen LogP contribution in [0.2, 0.25) is 0 Å². The number of esters is 4. The molecule has 0 spiro atoms. The molecule has 1 aromatic carbocycles. The number of hydrogen-bond donors (Lipinski definition) is 6. The molecule has 0 radical (unpaired) electrons. The molecule has 3 saturated heterocycles. The van der Waals surface area contributed by atoms with Crippen LogP contribution in [0, 0.1) is 5.41 Å². The van der Waals surface area contributed by atoms with Gasteiger partial charge in [-0.1, -0.05) is 95.2 Å². The van der Waals surface area contributed by atoms with Crippen LogP contribution in [0.25, 0.3) is 0 Å². The standard InChI is InChI=1S/C42H64O14.C14H20N2O3/c1-6-7-8-9-10-14-36(45)55-40-28(21-38(47)51-5)20-34-25-35(26-43)54-39(48)23-29(44)22-30-12-11-13-31(52-30)24-33-18-27(19-37(46)50-4)17-32(53-33)15-16-41(2,3)42(40,49)56-34;17-13(15-12-8-4-3-5-9-12)10-6-1-2-7-11-14(18)16-19/h15-16,19,21,29-35,40,43-44,49H,6-14,17-18,20,22-26H2,1-5H3;3-5,8-9,19H,1-2,6-7,10-11H2,(H,15,17)(H,16,18)/b16-15+,27-19+,28-21+;/t29-,30+,31-,32+,33+,34+,35-,40+,42-;/m1./s1. The van der Waals surface area contributed by atoms with Crippen molar-refractivity contribution in [1.82, 2.24) is 5.48 Å². The fourth-order valence-electron chi connectivity index (χ4n) is 9.82. The van der Waals surface area contributed by atoms with Gasteiger partial charge in [0.25, 0.3) is 0 Å². The minimum absolute atomic E-state index is 0.0132. The van der Waals surface area contributed by atoms with Gasteiger partial charge in [-0.3, -0.25) is 24.4 Å². The van der Waals surface area contributed by atoms with Crippen LogP contribution in [-0.2, 0) is 61.9 Å². The summed E-state index contributed by atoms with van der Waals surface area (Å²) < 4.78 is 40.9. The summed E-state index contributed by atoms with van der Waals surface area (Å²) in [4.78, 5) is 73.9. The average Bonchev–Trinajstić information content (AvgIpc) is 3.37. The van der Waals surface area contributed by atoms with Crippen LogP contribution in [0.1, 0.15) is 162 Å². The van der Waals surface area contributed by atoms with Crippen molar-refractivity contribution in [1.29, 1.82) is 0 Å². The number of benzene rings is 1. The summed E-state index contributed by atoms with van der Waals surface area (Å²) in [6, 6.07) is 9.36. The summed E-state index contributed by atoms with van der Waals surface area (Å²) in [5.74, 6) is -5.17. The summed E-state index contributed by atoms with van der Waals surface area (Å²) in [6.45, 7) is 4.92. The molecule has 3 fully saturated rings. The van der Waals surface area contributed by atoms with Crippen molar-refractivity contribution in [3.8, 4) is 0 Å². The van der Waals surface area contributed by atoms with Crippen LogP contribution in [0.4, 0.5) is 5.69 Å². The number of methoxy groups -OCH3 is 2. The van der Waals surface area contributed by atoms with Gasteiger partial charge in [0.05, 0.1) is 63.9 Å². The Morgan fingerprint density at radius 2 is 1.40 bits per heavy atom. The second-order valence-corrected chi connectivity index (χ2v) is 20.6. The van der Waals surface area contributed by atoms with E-state index in [0.29, 0.717) is 38.5 Å². The van der Waals surface area contributed by atoms with Crippen LogP contribution in [-0.4, -0.2) is 132 Å². The number of hydroxylamine groups is 1. The Labute approximate surface area is 442 Å². The lowest BCUT2D eigenvalue weighted by molar-refractivity contribution is -0.327. The topological polar surface area (TPSA) is 272 Å². The van der Waals surface area contributed by atoms with Crippen molar-refractivity contribution in [2.75, 3.05) is 26.1 Å². The van der Waals surface area contributed by atoms with E-state index in [1.165, 1.54) is 26.4 Å². The Kier molecular flexibility index (Phi) is 27.1. The second kappa shape index (κ2) is 32.5. The fraction of sp³-hybridized carbons (Fsp3) is 0.679. The molecule has 4 heterocycles. The van der Waals surface area contributed by atoms with Crippen molar-refractivity contribution in [3.63, 3.8) is 0 Å². The number of para-hydroxylation sites is 1. The van der Waals surface area contributed by atoms with Crippen LogP contribution < -0.4 is 10.8 Å². The molecular formula is C56H84N2O17. The highest BCUT2D eigenvalue weighted by molar-refractivity contribution is 5.90. The maximum atomic E-state index is 13.4. The average molecular weight is 1060 g/mol. The molecule has 0 aliphatic carbocycles. The number of unbranched alkanes of at least 4 members (excludes halogenated alkanes) is 7. The summed E-state index contributed by atoms with van der Waals surface area (Å²) in [7, 11) is 2.53. The van der Waals surface area contributed by atoms with Gasteiger partial charge < -0.3 is 53.8 Å². The van der Waals surface area contributed by atoms with Crippen LogP contribution in [0.5, 0.6) is 0 Å². The molecule has 5 rings (SSSR count). The van der Waals surface area contributed by atoms with Crippen LogP contribution in [0.3, 0.4) is 0 Å². The number of cyclic esters (lactones) is 1. The third kappa shape index (κ3) is 21.9. The Hall–Kier alpha value is -5.02. The zero-order valence-electron chi connectivity index (χ0n) is 44.7. The molecule has 9 atom stereocenters. The molecule has 0 saturated carbocycles.